The minimum Gasteiger partial charge on any atom is -0.496 e. The number of hydrogen-bond acceptors (Lipinski definition) is 8. The van der Waals surface area contributed by atoms with Gasteiger partial charge in [-0.05, 0) is 30.7 Å². The van der Waals surface area contributed by atoms with Crippen LogP contribution in [0.5, 0.6) is 5.75 Å². The number of fused-ring (bicyclic) bond motifs is 2. The Bertz CT molecular complexity index is 1410. The van der Waals surface area contributed by atoms with Crippen LogP contribution in [0.25, 0.3) is 22.5 Å². The fraction of sp³-hybridized carbons (Fsp3) is 0.393. The monoisotopic (exact) mass is 536 g/mol. The van der Waals surface area contributed by atoms with Crippen LogP contribution in [0, 0.1) is 11.6 Å². The van der Waals surface area contributed by atoms with Gasteiger partial charge < -0.3 is 25.4 Å². The molecule has 0 aliphatic carbocycles. The van der Waals surface area contributed by atoms with Gasteiger partial charge in [0.2, 0.25) is 0 Å². The van der Waals surface area contributed by atoms with Crippen LogP contribution in [0.2, 0.25) is 0 Å². The number of primary amides is 1. The van der Waals surface area contributed by atoms with E-state index >= 15 is 4.39 Å². The van der Waals surface area contributed by atoms with Crippen molar-refractivity contribution in [2.24, 2.45) is 5.73 Å². The Balaban J connectivity index is 1.47. The SMILES string of the molecule is COc1cccc(F)c1-c1ncc(-c2cc(F)c(CN3CCOCC3)cc2N2C[C@@H]3C[C@H]2CN3)c(C(N)=O)n1. The average molecular weight is 537 g/mol. The number of nitrogens with two attached hydrogens (primary N) is 1. The maximum absolute atomic E-state index is 15.7. The Morgan fingerprint density at radius 1 is 1.21 bits per heavy atom. The van der Waals surface area contributed by atoms with E-state index in [-0.39, 0.29) is 28.9 Å². The van der Waals surface area contributed by atoms with Crippen molar-refractivity contribution in [1.82, 2.24) is 20.2 Å². The highest BCUT2D eigenvalue weighted by Gasteiger charge is 2.39. The Hall–Kier alpha value is -3.67. The highest BCUT2D eigenvalue weighted by Crippen LogP contribution is 2.40. The van der Waals surface area contributed by atoms with Gasteiger partial charge in [-0.1, -0.05) is 6.07 Å². The van der Waals surface area contributed by atoms with Crippen LogP contribution in [0.3, 0.4) is 0 Å². The quantitative estimate of drug-likeness (QED) is 0.475. The summed E-state index contributed by atoms with van der Waals surface area (Å²) in [6.07, 6.45) is 2.40. The molecule has 3 fully saturated rings. The first-order chi connectivity index (χ1) is 18.9. The summed E-state index contributed by atoms with van der Waals surface area (Å²) in [6, 6.07) is 8.26. The van der Waals surface area contributed by atoms with Crippen LogP contribution in [-0.2, 0) is 11.3 Å². The van der Waals surface area contributed by atoms with Crippen molar-refractivity contribution in [3.63, 3.8) is 0 Å². The zero-order valence-electron chi connectivity index (χ0n) is 21.6. The van der Waals surface area contributed by atoms with Gasteiger partial charge in [0.15, 0.2) is 5.82 Å². The number of benzene rings is 2. The number of carbonyl (C=O) groups is 1. The first kappa shape index (κ1) is 25.6. The molecule has 2 atom stereocenters. The fourth-order valence-corrected chi connectivity index (χ4v) is 5.81. The molecule has 0 unspecified atom stereocenters. The molecule has 39 heavy (non-hydrogen) atoms. The summed E-state index contributed by atoms with van der Waals surface area (Å²) in [5.74, 6) is -1.64. The maximum Gasteiger partial charge on any atom is 0.268 e. The molecule has 3 N–H and O–H groups in total. The van der Waals surface area contributed by atoms with E-state index in [9.17, 15) is 9.18 Å². The van der Waals surface area contributed by atoms with Crippen molar-refractivity contribution in [3.05, 3.63) is 59.4 Å². The van der Waals surface area contributed by atoms with E-state index in [0.29, 0.717) is 42.5 Å². The number of ether oxygens (including phenoxy) is 2. The lowest BCUT2D eigenvalue weighted by Gasteiger charge is -2.33. The minimum atomic E-state index is -0.822. The lowest BCUT2D eigenvalue weighted by Crippen LogP contribution is -2.44. The zero-order chi connectivity index (χ0) is 27.1. The molecule has 204 valence electrons. The van der Waals surface area contributed by atoms with Crippen molar-refractivity contribution >= 4 is 11.6 Å². The molecule has 11 heteroatoms. The van der Waals surface area contributed by atoms with Crippen molar-refractivity contribution in [2.75, 3.05) is 51.4 Å². The smallest absolute Gasteiger partial charge is 0.268 e. The lowest BCUT2D eigenvalue weighted by molar-refractivity contribution is 0.0337. The summed E-state index contributed by atoms with van der Waals surface area (Å²) < 4.78 is 41.2. The van der Waals surface area contributed by atoms with Gasteiger partial charge in [0.1, 0.15) is 23.1 Å². The number of morpholine rings is 1. The van der Waals surface area contributed by atoms with E-state index in [1.165, 1.54) is 31.5 Å². The molecule has 3 saturated heterocycles. The van der Waals surface area contributed by atoms with Crippen LogP contribution in [-0.4, -0.2) is 79.4 Å². The van der Waals surface area contributed by atoms with Crippen molar-refractivity contribution in [2.45, 2.75) is 25.0 Å². The predicted octanol–water partition coefficient (Wildman–Crippen LogP) is 2.58. The zero-order valence-corrected chi connectivity index (χ0v) is 21.6. The molecule has 1 amide bonds. The molecule has 3 aliphatic rings. The van der Waals surface area contributed by atoms with E-state index in [1.54, 1.807) is 6.07 Å². The Morgan fingerprint density at radius 2 is 2.03 bits per heavy atom. The maximum atomic E-state index is 15.7. The predicted molar refractivity (Wildman–Crippen MR) is 142 cm³/mol. The summed E-state index contributed by atoms with van der Waals surface area (Å²) in [7, 11) is 1.41. The molecule has 3 aliphatic heterocycles. The van der Waals surface area contributed by atoms with E-state index in [2.05, 4.69) is 25.1 Å². The van der Waals surface area contributed by atoms with Crippen molar-refractivity contribution in [3.8, 4) is 28.3 Å². The number of anilines is 1. The van der Waals surface area contributed by atoms with Gasteiger partial charge in [-0.25, -0.2) is 18.7 Å². The molecule has 0 saturated carbocycles. The van der Waals surface area contributed by atoms with Gasteiger partial charge in [0.25, 0.3) is 5.91 Å². The molecular formula is C28H30F2N6O3. The topological polar surface area (TPSA) is 106 Å². The van der Waals surface area contributed by atoms with E-state index in [0.717, 1.165) is 38.3 Å². The van der Waals surface area contributed by atoms with Crippen molar-refractivity contribution in [1.29, 1.82) is 0 Å². The second-order valence-electron chi connectivity index (χ2n) is 10.1. The summed E-state index contributed by atoms with van der Waals surface area (Å²) in [4.78, 5) is 25.8. The number of nitrogens with zero attached hydrogens (tertiary/aromatic N) is 4. The van der Waals surface area contributed by atoms with Crippen LogP contribution in [0.4, 0.5) is 14.5 Å². The third kappa shape index (κ3) is 4.81. The number of halogens is 2. The molecule has 0 radical (unpaired) electrons. The highest BCUT2D eigenvalue weighted by atomic mass is 19.1. The third-order valence-corrected chi connectivity index (χ3v) is 7.76. The number of rotatable bonds is 7. The molecule has 9 nitrogen and oxygen atoms in total. The molecule has 2 aromatic carbocycles. The number of piperazine rings is 1. The molecule has 1 aromatic heterocycles. The Morgan fingerprint density at radius 3 is 2.72 bits per heavy atom. The van der Waals surface area contributed by atoms with E-state index in [1.807, 2.05) is 6.07 Å². The Labute approximate surface area is 224 Å². The molecule has 4 heterocycles. The van der Waals surface area contributed by atoms with Crippen molar-refractivity contribution < 1.29 is 23.0 Å². The van der Waals surface area contributed by atoms with Crippen LogP contribution < -0.4 is 20.7 Å². The lowest BCUT2D eigenvalue weighted by atomic mass is 9.98. The fourth-order valence-electron chi connectivity index (χ4n) is 5.81. The molecule has 2 bridgehead atoms. The summed E-state index contributed by atoms with van der Waals surface area (Å²) in [5, 5.41) is 3.49. The largest absolute Gasteiger partial charge is 0.496 e. The minimum absolute atomic E-state index is 0.0178. The summed E-state index contributed by atoms with van der Waals surface area (Å²) >= 11 is 0. The first-order valence-corrected chi connectivity index (χ1v) is 13.1. The second-order valence-corrected chi connectivity index (χ2v) is 10.1. The Kier molecular flexibility index (Phi) is 6.88. The number of amides is 1. The number of methoxy groups -OCH3 is 1. The molecule has 6 rings (SSSR count). The van der Waals surface area contributed by atoms with Gasteiger partial charge in [-0.2, -0.15) is 0 Å². The van der Waals surface area contributed by atoms with Crippen LogP contribution >= 0.6 is 0 Å². The van der Waals surface area contributed by atoms with Crippen LogP contribution in [0.1, 0.15) is 22.5 Å². The number of hydrogen-bond donors (Lipinski definition) is 2. The molecular weight excluding hydrogens is 506 g/mol. The van der Waals surface area contributed by atoms with Gasteiger partial charge in [-0.3, -0.25) is 9.69 Å². The number of nitrogens with one attached hydrogen (secondary N) is 1. The first-order valence-electron chi connectivity index (χ1n) is 13.1. The van der Waals surface area contributed by atoms with Crippen LogP contribution in [0.15, 0.2) is 36.5 Å². The van der Waals surface area contributed by atoms with Gasteiger partial charge in [-0.15, -0.1) is 0 Å². The number of carbonyl (C=O) groups excluding carboxylic acids is 1. The highest BCUT2D eigenvalue weighted by molar-refractivity contribution is 6.00. The third-order valence-electron chi connectivity index (χ3n) is 7.76. The van der Waals surface area contributed by atoms with Gasteiger partial charge in [0.05, 0.1) is 25.9 Å². The average Bonchev–Trinajstić information content (AvgIpc) is 3.58. The summed E-state index contributed by atoms with van der Waals surface area (Å²) in [5.41, 5.74) is 7.82. The second kappa shape index (κ2) is 10.5. The van der Waals surface area contributed by atoms with Gasteiger partial charge in [0, 0.05) is 73.4 Å². The summed E-state index contributed by atoms with van der Waals surface area (Å²) in [6.45, 7) is 4.74. The van der Waals surface area contributed by atoms with Gasteiger partial charge >= 0.3 is 0 Å². The van der Waals surface area contributed by atoms with E-state index in [4.69, 9.17) is 15.2 Å². The molecule has 3 aromatic rings. The number of aromatic nitrogens is 2. The standard InChI is InChI=1S/C28H30F2N6O3/c1-38-24-4-2-3-21(29)25(24)28-33-13-20(26(34-28)27(31)37)19-11-22(30)16(14-35-5-7-39-8-6-35)9-23(19)36-15-17-10-18(36)12-32-17/h2-4,9,11,13,17-18,32H,5-8,10,12,14-15H2,1H3,(H2,31,37)/t17-,18-/m0/s1. The normalized spacial score (nSPS) is 20.9. The molecule has 0 spiro atoms. The van der Waals surface area contributed by atoms with E-state index < -0.39 is 17.5 Å².